The lowest BCUT2D eigenvalue weighted by Crippen LogP contribution is -2.39. The van der Waals surface area contributed by atoms with Gasteiger partial charge in [0.15, 0.2) is 0 Å². The third-order valence-electron chi connectivity index (χ3n) is 2.71. The first-order valence-electron chi connectivity index (χ1n) is 5.73. The van der Waals surface area contributed by atoms with E-state index in [1.807, 2.05) is 18.4 Å². The van der Waals surface area contributed by atoms with Gasteiger partial charge in [0, 0.05) is 11.4 Å². The first kappa shape index (κ1) is 11.6. The maximum absolute atomic E-state index is 11.7. The normalized spacial score (nSPS) is 17.1. The van der Waals surface area contributed by atoms with Crippen LogP contribution in [0.5, 0.6) is 0 Å². The van der Waals surface area contributed by atoms with Crippen molar-refractivity contribution in [1.29, 1.82) is 0 Å². The van der Waals surface area contributed by atoms with Gasteiger partial charge in [-0.1, -0.05) is 6.07 Å². The summed E-state index contributed by atoms with van der Waals surface area (Å²) in [5, 5.41) is 5.35. The molecule has 1 saturated carbocycles. The van der Waals surface area contributed by atoms with Crippen LogP contribution < -0.4 is 5.32 Å². The molecular weight excluding hydrogens is 222 g/mol. The van der Waals surface area contributed by atoms with Crippen molar-refractivity contribution in [2.45, 2.75) is 32.4 Å². The van der Waals surface area contributed by atoms with Crippen molar-refractivity contribution in [2.24, 2.45) is 5.92 Å². The fourth-order valence-corrected chi connectivity index (χ4v) is 2.38. The summed E-state index contributed by atoms with van der Waals surface area (Å²) >= 11 is 1.71. The van der Waals surface area contributed by atoms with Crippen LogP contribution in [-0.4, -0.2) is 18.6 Å². The van der Waals surface area contributed by atoms with Crippen molar-refractivity contribution in [3.05, 3.63) is 22.4 Å². The van der Waals surface area contributed by atoms with Crippen molar-refractivity contribution in [1.82, 2.24) is 5.32 Å². The molecule has 2 rings (SSSR count). The Morgan fingerprint density at radius 3 is 3.06 bits per heavy atom. The highest BCUT2D eigenvalue weighted by Gasteiger charge is 2.36. The zero-order valence-corrected chi connectivity index (χ0v) is 10.3. The maximum Gasteiger partial charge on any atom is 0.323 e. The van der Waals surface area contributed by atoms with E-state index in [2.05, 4.69) is 11.4 Å². The molecule has 1 heterocycles. The van der Waals surface area contributed by atoms with Gasteiger partial charge in [0.25, 0.3) is 0 Å². The molecule has 1 aliphatic carbocycles. The fraction of sp³-hybridized carbons (Fsp3) is 0.583. The third kappa shape index (κ3) is 3.06. The molecule has 0 spiro atoms. The Balaban J connectivity index is 1.85. The quantitative estimate of drug-likeness (QED) is 0.773. The summed E-state index contributed by atoms with van der Waals surface area (Å²) < 4.78 is 5.08. The van der Waals surface area contributed by atoms with Crippen LogP contribution in [0, 0.1) is 5.92 Å². The average Bonchev–Trinajstić information content (AvgIpc) is 2.95. The number of rotatable bonds is 6. The number of hydrogen-bond donors (Lipinski definition) is 1. The lowest BCUT2D eigenvalue weighted by Gasteiger charge is -2.15. The molecule has 0 aliphatic heterocycles. The third-order valence-corrected chi connectivity index (χ3v) is 3.59. The molecule has 1 aliphatic rings. The van der Waals surface area contributed by atoms with Crippen LogP contribution >= 0.6 is 11.3 Å². The van der Waals surface area contributed by atoms with Crippen LogP contribution in [0.3, 0.4) is 0 Å². The summed E-state index contributed by atoms with van der Waals surface area (Å²) in [4.78, 5) is 13.0. The van der Waals surface area contributed by atoms with Gasteiger partial charge in [0.1, 0.15) is 6.04 Å². The Bertz CT molecular complexity index is 333. The van der Waals surface area contributed by atoms with Crippen LogP contribution in [0.25, 0.3) is 0 Å². The molecule has 1 aromatic heterocycles. The molecule has 1 atom stereocenters. The number of carbonyl (C=O) groups is 1. The molecule has 0 radical (unpaired) electrons. The first-order chi connectivity index (χ1) is 7.81. The van der Waals surface area contributed by atoms with Crippen molar-refractivity contribution >= 4 is 17.3 Å². The molecule has 0 saturated heterocycles. The Morgan fingerprint density at radius 2 is 2.50 bits per heavy atom. The molecule has 4 heteroatoms. The largest absolute Gasteiger partial charge is 0.465 e. The highest BCUT2D eigenvalue weighted by Crippen LogP contribution is 2.33. The summed E-state index contributed by atoms with van der Waals surface area (Å²) in [6.07, 6.45) is 2.28. The van der Waals surface area contributed by atoms with Crippen molar-refractivity contribution in [3.63, 3.8) is 0 Å². The summed E-state index contributed by atoms with van der Waals surface area (Å²) in [7, 11) is 0. The number of ether oxygens (including phenoxy) is 1. The lowest BCUT2D eigenvalue weighted by molar-refractivity contribution is -0.146. The van der Waals surface area contributed by atoms with E-state index in [1.165, 1.54) is 4.88 Å². The first-order valence-corrected chi connectivity index (χ1v) is 6.61. The second kappa shape index (κ2) is 5.46. The van der Waals surface area contributed by atoms with E-state index in [1.54, 1.807) is 11.3 Å². The minimum atomic E-state index is -0.109. The molecule has 0 amide bonds. The second-order valence-electron chi connectivity index (χ2n) is 4.03. The second-order valence-corrected chi connectivity index (χ2v) is 5.06. The fourth-order valence-electron chi connectivity index (χ4n) is 1.73. The molecule has 1 N–H and O–H groups in total. The summed E-state index contributed by atoms with van der Waals surface area (Å²) in [5.41, 5.74) is 0. The molecule has 1 unspecified atom stereocenters. The zero-order valence-electron chi connectivity index (χ0n) is 9.44. The van der Waals surface area contributed by atoms with E-state index in [-0.39, 0.29) is 12.0 Å². The van der Waals surface area contributed by atoms with Gasteiger partial charge in [-0.15, -0.1) is 11.3 Å². The monoisotopic (exact) mass is 239 g/mol. The van der Waals surface area contributed by atoms with Gasteiger partial charge in [-0.25, -0.2) is 0 Å². The Hall–Kier alpha value is -0.870. The summed E-state index contributed by atoms with van der Waals surface area (Å²) in [6.45, 7) is 3.07. The van der Waals surface area contributed by atoms with Crippen molar-refractivity contribution in [3.8, 4) is 0 Å². The van der Waals surface area contributed by atoms with E-state index in [4.69, 9.17) is 4.74 Å². The molecule has 16 heavy (non-hydrogen) atoms. The molecule has 0 aromatic carbocycles. The van der Waals surface area contributed by atoms with Gasteiger partial charge in [-0.05, 0) is 37.1 Å². The predicted octanol–water partition coefficient (Wildman–Crippen LogP) is 2.18. The molecule has 88 valence electrons. The van der Waals surface area contributed by atoms with Gasteiger partial charge in [-0.3, -0.25) is 10.1 Å². The van der Waals surface area contributed by atoms with Gasteiger partial charge >= 0.3 is 5.97 Å². The molecule has 3 nitrogen and oxygen atoms in total. The van der Waals surface area contributed by atoms with Crippen LogP contribution in [0.2, 0.25) is 0 Å². The number of thiophene rings is 1. The van der Waals surface area contributed by atoms with Crippen LogP contribution in [0.15, 0.2) is 17.5 Å². The average molecular weight is 239 g/mol. The Labute approximate surface area is 99.8 Å². The van der Waals surface area contributed by atoms with Crippen molar-refractivity contribution < 1.29 is 9.53 Å². The van der Waals surface area contributed by atoms with E-state index >= 15 is 0 Å². The van der Waals surface area contributed by atoms with Crippen LogP contribution in [0.1, 0.15) is 24.6 Å². The van der Waals surface area contributed by atoms with E-state index in [0.717, 1.165) is 19.4 Å². The maximum atomic E-state index is 11.7. The highest BCUT2D eigenvalue weighted by molar-refractivity contribution is 7.09. The number of hydrogen-bond acceptors (Lipinski definition) is 4. The molecule has 0 bridgehead atoms. The minimum absolute atomic E-state index is 0.0958. The van der Waals surface area contributed by atoms with Crippen LogP contribution in [0.4, 0.5) is 0 Å². The zero-order chi connectivity index (χ0) is 11.4. The van der Waals surface area contributed by atoms with Gasteiger partial charge in [0.2, 0.25) is 0 Å². The number of carbonyl (C=O) groups excluding carboxylic acids is 1. The number of esters is 1. The molecule has 1 aromatic rings. The van der Waals surface area contributed by atoms with E-state index < -0.39 is 0 Å². The summed E-state index contributed by atoms with van der Waals surface area (Å²) in [5.74, 6) is 0.389. The topological polar surface area (TPSA) is 38.3 Å². The molecular formula is C12H17NO2S. The Kier molecular flexibility index (Phi) is 3.96. The predicted molar refractivity (Wildman–Crippen MR) is 64.3 cm³/mol. The number of nitrogens with one attached hydrogen (secondary N) is 1. The smallest absolute Gasteiger partial charge is 0.323 e. The lowest BCUT2D eigenvalue weighted by atomic mass is 10.2. The standard InChI is InChI=1S/C12H17NO2S/c1-2-15-12(14)11(9-5-6-9)13-8-10-4-3-7-16-10/h3-4,7,9,11,13H,2,5-6,8H2,1H3. The van der Waals surface area contributed by atoms with Gasteiger partial charge in [-0.2, -0.15) is 0 Å². The summed E-state index contributed by atoms with van der Waals surface area (Å²) in [6, 6.07) is 3.99. The van der Waals surface area contributed by atoms with Gasteiger partial charge < -0.3 is 4.74 Å². The highest BCUT2D eigenvalue weighted by atomic mass is 32.1. The van der Waals surface area contributed by atoms with Crippen molar-refractivity contribution in [2.75, 3.05) is 6.61 Å². The van der Waals surface area contributed by atoms with E-state index in [0.29, 0.717) is 12.5 Å². The molecule has 1 fully saturated rings. The van der Waals surface area contributed by atoms with Crippen LogP contribution in [-0.2, 0) is 16.1 Å². The SMILES string of the molecule is CCOC(=O)C(NCc1cccs1)C1CC1. The van der Waals surface area contributed by atoms with E-state index in [9.17, 15) is 4.79 Å². The Morgan fingerprint density at radius 1 is 1.69 bits per heavy atom. The minimum Gasteiger partial charge on any atom is -0.465 e. The van der Waals surface area contributed by atoms with Gasteiger partial charge in [0.05, 0.1) is 6.61 Å².